The molecule has 0 aromatic rings. The third-order valence-electron chi connectivity index (χ3n) is 1.47. The van der Waals surface area contributed by atoms with Crippen LogP contribution in [-0.2, 0) is 4.79 Å². The van der Waals surface area contributed by atoms with Gasteiger partial charge in [0.05, 0.1) is 6.17 Å². The first kappa shape index (κ1) is 6.71. The van der Waals surface area contributed by atoms with Crippen molar-refractivity contribution in [2.45, 2.75) is 19.0 Å². The van der Waals surface area contributed by atoms with Crippen molar-refractivity contribution in [2.75, 3.05) is 13.1 Å². The van der Waals surface area contributed by atoms with Crippen LogP contribution in [0.25, 0.3) is 0 Å². The number of aldehydes is 1. The zero-order valence-electron chi connectivity index (χ0n) is 5.39. The molecule has 0 unspecified atom stereocenters. The van der Waals surface area contributed by atoms with Gasteiger partial charge in [0.1, 0.15) is 6.29 Å². The predicted molar refractivity (Wildman–Crippen MR) is 35.1 cm³/mol. The molecule has 2 N–H and O–H groups in total. The van der Waals surface area contributed by atoms with Gasteiger partial charge in [-0.15, -0.1) is 0 Å². The normalized spacial score (nSPS) is 21.8. The van der Waals surface area contributed by atoms with Crippen molar-refractivity contribution in [1.82, 2.24) is 10.6 Å². The Morgan fingerprint density at radius 1 is 1.44 bits per heavy atom. The molecule has 3 heteroatoms. The van der Waals surface area contributed by atoms with Crippen LogP contribution in [0.4, 0.5) is 0 Å². The molecule has 1 fully saturated rings. The van der Waals surface area contributed by atoms with Gasteiger partial charge in [0.2, 0.25) is 0 Å². The van der Waals surface area contributed by atoms with Gasteiger partial charge in [-0.25, -0.2) is 0 Å². The van der Waals surface area contributed by atoms with E-state index in [1.54, 1.807) is 0 Å². The average molecular weight is 128 g/mol. The molecule has 1 aliphatic heterocycles. The molecule has 0 amide bonds. The van der Waals surface area contributed by atoms with Crippen molar-refractivity contribution < 1.29 is 4.79 Å². The van der Waals surface area contributed by atoms with Gasteiger partial charge in [0.25, 0.3) is 0 Å². The van der Waals surface area contributed by atoms with E-state index in [4.69, 9.17) is 0 Å². The van der Waals surface area contributed by atoms with Crippen LogP contribution in [-0.4, -0.2) is 25.5 Å². The minimum absolute atomic E-state index is 0.233. The lowest BCUT2D eigenvalue weighted by molar-refractivity contribution is -0.108. The van der Waals surface area contributed by atoms with E-state index in [1.807, 2.05) is 0 Å². The molecule has 0 saturated carbocycles. The van der Waals surface area contributed by atoms with Gasteiger partial charge in [-0.05, 0) is 19.5 Å². The van der Waals surface area contributed by atoms with Crippen LogP contribution in [0.5, 0.6) is 0 Å². The van der Waals surface area contributed by atoms with Gasteiger partial charge < -0.3 is 15.4 Å². The van der Waals surface area contributed by atoms with Crippen LogP contribution < -0.4 is 10.6 Å². The molecule has 3 nitrogen and oxygen atoms in total. The Balaban J connectivity index is 2.15. The first-order chi connectivity index (χ1) is 4.43. The lowest BCUT2D eigenvalue weighted by Crippen LogP contribution is -2.48. The van der Waals surface area contributed by atoms with Gasteiger partial charge in [0.15, 0.2) is 0 Å². The van der Waals surface area contributed by atoms with Crippen LogP contribution in [0, 0.1) is 0 Å². The second-order valence-electron chi connectivity index (χ2n) is 2.22. The Hall–Kier alpha value is -0.410. The quantitative estimate of drug-likeness (QED) is 0.492. The smallest absolute Gasteiger partial charge is 0.122 e. The Labute approximate surface area is 54.8 Å². The summed E-state index contributed by atoms with van der Waals surface area (Å²) in [6.07, 6.45) is 2.92. The highest BCUT2D eigenvalue weighted by Crippen LogP contribution is 1.90. The highest BCUT2D eigenvalue weighted by atomic mass is 16.1. The largest absolute Gasteiger partial charge is 0.303 e. The van der Waals surface area contributed by atoms with Crippen LogP contribution in [0.2, 0.25) is 0 Å². The molecule has 1 aliphatic rings. The Morgan fingerprint density at radius 3 is 2.67 bits per heavy atom. The standard InChI is InChI=1S/C6H12N2O/c9-5-2-6-7-3-1-4-8-6/h5-8H,1-4H2. The molecule has 0 atom stereocenters. The van der Waals surface area contributed by atoms with Crippen molar-refractivity contribution in [1.29, 1.82) is 0 Å². The monoisotopic (exact) mass is 128 g/mol. The van der Waals surface area contributed by atoms with E-state index in [-0.39, 0.29) is 6.17 Å². The summed E-state index contributed by atoms with van der Waals surface area (Å²) in [7, 11) is 0. The molecule has 0 aromatic heterocycles. The van der Waals surface area contributed by atoms with E-state index >= 15 is 0 Å². The van der Waals surface area contributed by atoms with E-state index in [1.165, 1.54) is 0 Å². The topological polar surface area (TPSA) is 41.1 Å². The predicted octanol–water partition coefficient (Wildman–Crippen LogP) is -0.516. The SMILES string of the molecule is O=CCC1NCCCN1. The number of carbonyl (C=O) groups is 1. The van der Waals surface area contributed by atoms with E-state index in [9.17, 15) is 4.79 Å². The second kappa shape index (κ2) is 3.58. The Kier molecular flexibility index (Phi) is 2.67. The summed E-state index contributed by atoms with van der Waals surface area (Å²) in [5.74, 6) is 0. The molecule has 0 radical (unpaired) electrons. The van der Waals surface area contributed by atoms with E-state index in [2.05, 4.69) is 10.6 Å². The number of carbonyl (C=O) groups excluding carboxylic acids is 1. The fraction of sp³-hybridized carbons (Fsp3) is 0.833. The molecule has 1 rings (SSSR count). The maximum Gasteiger partial charge on any atom is 0.122 e. The van der Waals surface area contributed by atoms with Gasteiger partial charge >= 0.3 is 0 Å². The van der Waals surface area contributed by atoms with E-state index in [0.717, 1.165) is 25.8 Å². The molecule has 0 aromatic carbocycles. The van der Waals surface area contributed by atoms with Gasteiger partial charge in [0, 0.05) is 6.42 Å². The van der Waals surface area contributed by atoms with Crippen molar-refractivity contribution in [3.05, 3.63) is 0 Å². The molecule has 9 heavy (non-hydrogen) atoms. The number of hydrogen-bond donors (Lipinski definition) is 2. The molecule has 1 heterocycles. The first-order valence-electron chi connectivity index (χ1n) is 3.34. The van der Waals surface area contributed by atoms with Crippen LogP contribution >= 0.6 is 0 Å². The number of nitrogens with one attached hydrogen (secondary N) is 2. The molecule has 0 aliphatic carbocycles. The van der Waals surface area contributed by atoms with Crippen LogP contribution in [0.15, 0.2) is 0 Å². The summed E-state index contributed by atoms with van der Waals surface area (Å²) in [5.41, 5.74) is 0. The Bertz CT molecular complexity index is 89.1. The zero-order chi connectivity index (χ0) is 6.53. The van der Waals surface area contributed by atoms with Crippen molar-refractivity contribution >= 4 is 6.29 Å². The van der Waals surface area contributed by atoms with Gasteiger partial charge in [-0.2, -0.15) is 0 Å². The Morgan fingerprint density at radius 2 is 2.11 bits per heavy atom. The molecule has 52 valence electrons. The maximum absolute atomic E-state index is 9.99. The highest BCUT2D eigenvalue weighted by molar-refractivity contribution is 5.50. The third-order valence-corrected chi connectivity index (χ3v) is 1.47. The average Bonchev–Trinajstić information content (AvgIpc) is 1.91. The van der Waals surface area contributed by atoms with Gasteiger partial charge in [-0.1, -0.05) is 0 Å². The number of hydrogen-bond acceptors (Lipinski definition) is 3. The summed E-state index contributed by atoms with van der Waals surface area (Å²) in [4.78, 5) is 9.99. The van der Waals surface area contributed by atoms with Gasteiger partial charge in [-0.3, -0.25) is 0 Å². The van der Waals surface area contributed by atoms with Crippen molar-refractivity contribution in [3.63, 3.8) is 0 Å². The fourth-order valence-corrected chi connectivity index (χ4v) is 0.976. The zero-order valence-corrected chi connectivity index (χ0v) is 5.39. The van der Waals surface area contributed by atoms with E-state index < -0.39 is 0 Å². The first-order valence-corrected chi connectivity index (χ1v) is 3.34. The minimum Gasteiger partial charge on any atom is -0.303 e. The number of rotatable bonds is 2. The molecule has 1 saturated heterocycles. The van der Waals surface area contributed by atoms with Crippen molar-refractivity contribution in [3.8, 4) is 0 Å². The van der Waals surface area contributed by atoms with Crippen molar-refractivity contribution in [2.24, 2.45) is 0 Å². The van der Waals surface area contributed by atoms with E-state index in [0.29, 0.717) is 6.42 Å². The molecular formula is C6H12N2O. The highest BCUT2D eigenvalue weighted by Gasteiger charge is 2.08. The summed E-state index contributed by atoms with van der Waals surface area (Å²) in [6.45, 7) is 2.07. The minimum atomic E-state index is 0.233. The molecule has 0 spiro atoms. The summed E-state index contributed by atoms with van der Waals surface area (Å²) in [5, 5.41) is 6.36. The van der Waals surface area contributed by atoms with Crippen LogP contribution in [0.3, 0.4) is 0 Å². The summed E-state index contributed by atoms with van der Waals surface area (Å²) < 4.78 is 0. The second-order valence-corrected chi connectivity index (χ2v) is 2.22. The van der Waals surface area contributed by atoms with Crippen LogP contribution in [0.1, 0.15) is 12.8 Å². The lowest BCUT2D eigenvalue weighted by atomic mass is 10.2. The third kappa shape index (κ3) is 2.11. The molecule has 0 bridgehead atoms. The summed E-state index contributed by atoms with van der Waals surface area (Å²) in [6, 6.07) is 0. The molecular weight excluding hydrogens is 116 g/mol. The fourth-order valence-electron chi connectivity index (χ4n) is 0.976. The maximum atomic E-state index is 9.99. The summed E-state index contributed by atoms with van der Waals surface area (Å²) >= 11 is 0. The lowest BCUT2D eigenvalue weighted by Gasteiger charge is -2.22.